The van der Waals surface area contributed by atoms with E-state index in [1.54, 1.807) is 6.07 Å². The summed E-state index contributed by atoms with van der Waals surface area (Å²) in [7, 11) is 0. The predicted molar refractivity (Wildman–Crippen MR) is 67.2 cm³/mol. The van der Waals surface area contributed by atoms with Gasteiger partial charge >= 0.3 is 0 Å². The molecule has 0 aliphatic rings. The lowest BCUT2D eigenvalue weighted by atomic mass is 10.1. The van der Waals surface area contributed by atoms with Gasteiger partial charge in [-0.3, -0.25) is 0 Å². The first-order valence-electron chi connectivity index (χ1n) is 5.39. The van der Waals surface area contributed by atoms with Crippen LogP contribution in [0.1, 0.15) is 11.1 Å². The van der Waals surface area contributed by atoms with E-state index in [0.717, 1.165) is 17.2 Å². The Balaban J connectivity index is 2.36. The fraction of sp³-hybridized carbons (Fsp3) is 0.143. The van der Waals surface area contributed by atoms with Gasteiger partial charge in [0.2, 0.25) is 5.82 Å². The molecule has 0 aliphatic heterocycles. The Morgan fingerprint density at radius 3 is 2.61 bits per heavy atom. The first-order chi connectivity index (χ1) is 8.61. The van der Waals surface area contributed by atoms with Crippen LogP contribution in [-0.4, -0.2) is 0 Å². The molecular weight excluding hydrogens is 258 g/mol. The van der Waals surface area contributed by atoms with Gasteiger partial charge in [-0.05, 0) is 36.2 Å². The first-order valence-corrected chi connectivity index (χ1v) is 5.92. The Morgan fingerprint density at radius 2 is 1.89 bits per heavy atom. The highest BCUT2D eigenvalue weighted by atomic mass is 35.5. The van der Waals surface area contributed by atoms with E-state index in [2.05, 4.69) is 0 Å². The molecular formula is C14H11ClF2O. The summed E-state index contributed by atoms with van der Waals surface area (Å²) in [5, 5.41) is 0. The zero-order valence-electron chi connectivity index (χ0n) is 9.71. The molecule has 0 unspecified atom stereocenters. The van der Waals surface area contributed by atoms with E-state index in [1.165, 1.54) is 12.1 Å². The highest BCUT2D eigenvalue weighted by molar-refractivity contribution is 6.17. The Hall–Kier alpha value is -1.61. The summed E-state index contributed by atoms with van der Waals surface area (Å²) in [5.74, 6) is -1.25. The van der Waals surface area contributed by atoms with Crippen molar-refractivity contribution >= 4 is 11.6 Å². The number of hydrogen-bond donors (Lipinski definition) is 0. The van der Waals surface area contributed by atoms with Crippen LogP contribution in [0.3, 0.4) is 0 Å². The molecule has 2 aromatic rings. The Morgan fingerprint density at radius 1 is 1.11 bits per heavy atom. The molecule has 2 aromatic carbocycles. The largest absolute Gasteiger partial charge is 0.454 e. The molecule has 2 rings (SSSR count). The zero-order chi connectivity index (χ0) is 13.1. The van der Waals surface area contributed by atoms with Gasteiger partial charge in [0.1, 0.15) is 5.75 Å². The van der Waals surface area contributed by atoms with Gasteiger partial charge in [-0.2, -0.15) is 4.39 Å². The number of halogens is 3. The minimum Gasteiger partial charge on any atom is -0.454 e. The molecule has 1 nitrogen and oxygen atoms in total. The first kappa shape index (κ1) is 12.8. The third kappa shape index (κ3) is 2.62. The lowest BCUT2D eigenvalue weighted by Gasteiger charge is -2.10. The van der Waals surface area contributed by atoms with E-state index in [9.17, 15) is 8.78 Å². The number of alkyl halides is 1. The van der Waals surface area contributed by atoms with Crippen molar-refractivity contribution < 1.29 is 13.5 Å². The number of aryl methyl sites for hydroxylation is 1. The van der Waals surface area contributed by atoms with Crippen LogP contribution in [-0.2, 0) is 5.88 Å². The van der Waals surface area contributed by atoms with Crippen molar-refractivity contribution in [1.82, 2.24) is 0 Å². The molecule has 0 aromatic heterocycles. The molecule has 4 heteroatoms. The molecule has 0 atom stereocenters. The molecule has 0 bridgehead atoms. The van der Waals surface area contributed by atoms with E-state index in [-0.39, 0.29) is 5.75 Å². The van der Waals surface area contributed by atoms with Crippen molar-refractivity contribution in [3.63, 3.8) is 0 Å². The summed E-state index contributed by atoms with van der Waals surface area (Å²) in [6.45, 7) is 1.82. The molecule has 0 radical (unpaired) electrons. The standard InChI is InChI=1S/C14H11ClF2O/c1-9-5-6-10(8-15)7-13(9)18-12-4-2-3-11(16)14(12)17/h2-7H,8H2,1H3. The SMILES string of the molecule is Cc1ccc(CCl)cc1Oc1cccc(F)c1F. The molecule has 0 N–H and O–H groups in total. The minimum atomic E-state index is -0.992. The second kappa shape index (κ2) is 5.36. The van der Waals surface area contributed by atoms with Crippen LogP contribution in [0.4, 0.5) is 8.78 Å². The van der Waals surface area contributed by atoms with E-state index in [1.807, 2.05) is 19.1 Å². The van der Waals surface area contributed by atoms with Crippen molar-refractivity contribution in [2.45, 2.75) is 12.8 Å². The summed E-state index contributed by atoms with van der Waals surface area (Å²) in [6, 6.07) is 9.22. The number of rotatable bonds is 3. The predicted octanol–water partition coefficient (Wildman–Crippen LogP) is 4.80. The van der Waals surface area contributed by atoms with Crippen LogP contribution in [0.15, 0.2) is 36.4 Å². The van der Waals surface area contributed by atoms with Crippen LogP contribution in [0.25, 0.3) is 0 Å². The molecule has 0 saturated carbocycles. The molecule has 0 heterocycles. The quantitative estimate of drug-likeness (QED) is 0.726. The van der Waals surface area contributed by atoms with Crippen LogP contribution in [0.2, 0.25) is 0 Å². The number of benzene rings is 2. The summed E-state index contributed by atoms with van der Waals surface area (Å²) >= 11 is 5.72. The van der Waals surface area contributed by atoms with E-state index in [4.69, 9.17) is 16.3 Å². The fourth-order valence-corrected chi connectivity index (χ4v) is 1.69. The maximum absolute atomic E-state index is 13.5. The molecule has 0 fully saturated rings. The van der Waals surface area contributed by atoms with Crippen LogP contribution < -0.4 is 4.74 Å². The van der Waals surface area contributed by atoms with Crippen molar-refractivity contribution in [1.29, 1.82) is 0 Å². The summed E-state index contributed by atoms with van der Waals surface area (Å²) in [6.07, 6.45) is 0. The molecule has 0 saturated heterocycles. The lowest BCUT2D eigenvalue weighted by Crippen LogP contribution is -1.94. The average molecular weight is 269 g/mol. The van der Waals surface area contributed by atoms with Gasteiger partial charge in [0.05, 0.1) is 0 Å². The highest BCUT2D eigenvalue weighted by Crippen LogP contribution is 2.29. The zero-order valence-corrected chi connectivity index (χ0v) is 10.5. The van der Waals surface area contributed by atoms with E-state index in [0.29, 0.717) is 11.6 Å². The summed E-state index contributed by atoms with van der Waals surface area (Å²) < 4.78 is 31.9. The van der Waals surface area contributed by atoms with Gasteiger partial charge < -0.3 is 4.74 Å². The van der Waals surface area contributed by atoms with Crippen molar-refractivity contribution in [2.75, 3.05) is 0 Å². The van der Waals surface area contributed by atoms with Gasteiger partial charge in [-0.1, -0.05) is 18.2 Å². The Bertz CT molecular complexity index is 570. The molecule has 0 aliphatic carbocycles. The average Bonchev–Trinajstić information content (AvgIpc) is 2.37. The summed E-state index contributed by atoms with van der Waals surface area (Å²) in [4.78, 5) is 0. The Kier molecular flexibility index (Phi) is 3.82. The van der Waals surface area contributed by atoms with E-state index >= 15 is 0 Å². The van der Waals surface area contributed by atoms with Crippen LogP contribution >= 0.6 is 11.6 Å². The van der Waals surface area contributed by atoms with Crippen molar-refractivity contribution in [2.24, 2.45) is 0 Å². The van der Waals surface area contributed by atoms with Crippen LogP contribution in [0.5, 0.6) is 11.5 Å². The highest BCUT2D eigenvalue weighted by Gasteiger charge is 2.11. The third-order valence-electron chi connectivity index (χ3n) is 2.54. The maximum atomic E-state index is 13.5. The molecule has 0 spiro atoms. The number of hydrogen-bond acceptors (Lipinski definition) is 1. The molecule has 0 amide bonds. The normalized spacial score (nSPS) is 10.4. The number of ether oxygens (including phenoxy) is 1. The molecule has 18 heavy (non-hydrogen) atoms. The smallest absolute Gasteiger partial charge is 0.201 e. The molecule has 94 valence electrons. The van der Waals surface area contributed by atoms with Gasteiger partial charge in [-0.15, -0.1) is 11.6 Å². The Labute approximate surface area is 109 Å². The van der Waals surface area contributed by atoms with Gasteiger partial charge in [-0.25, -0.2) is 4.39 Å². The monoisotopic (exact) mass is 268 g/mol. The van der Waals surface area contributed by atoms with E-state index < -0.39 is 11.6 Å². The van der Waals surface area contributed by atoms with Gasteiger partial charge in [0.15, 0.2) is 11.6 Å². The van der Waals surface area contributed by atoms with Crippen molar-refractivity contribution in [3.8, 4) is 11.5 Å². The van der Waals surface area contributed by atoms with Gasteiger partial charge in [0.25, 0.3) is 0 Å². The summed E-state index contributed by atoms with van der Waals surface area (Å²) in [5.41, 5.74) is 1.68. The van der Waals surface area contributed by atoms with Crippen molar-refractivity contribution in [3.05, 3.63) is 59.2 Å². The maximum Gasteiger partial charge on any atom is 0.201 e. The second-order valence-corrected chi connectivity index (χ2v) is 4.15. The topological polar surface area (TPSA) is 9.23 Å². The minimum absolute atomic E-state index is 0.134. The fourth-order valence-electron chi connectivity index (χ4n) is 1.52. The van der Waals surface area contributed by atoms with Gasteiger partial charge in [0, 0.05) is 5.88 Å². The third-order valence-corrected chi connectivity index (χ3v) is 2.85. The second-order valence-electron chi connectivity index (χ2n) is 3.89. The van der Waals surface area contributed by atoms with Crippen LogP contribution in [0, 0.1) is 18.6 Å². The lowest BCUT2D eigenvalue weighted by molar-refractivity contribution is 0.414.